The third-order valence-corrected chi connectivity index (χ3v) is 7.09. The zero-order valence-corrected chi connectivity index (χ0v) is 18.1. The number of hydrogen-bond donors (Lipinski definition) is 0. The van der Waals surface area contributed by atoms with Gasteiger partial charge in [0.25, 0.3) is 0 Å². The summed E-state index contributed by atoms with van der Waals surface area (Å²) in [6.07, 6.45) is -2.15. The van der Waals surface area contributed by atoms with Crippen LogP contribution in [0.5, 0.6) is 0 Å². The van der Waals surface area contributed by atoms with Crippen molar-refractivity contribution in [1.29, 1.82) is 0 Å². The average molecular weight is 458 g/mol. The lowest BCUT2D eigenvalue weighted by molar-refractivity contribution is -0.147. The zero-order chi connectivity index (χ0) is 20.9. The molecule has 4 rings (SSSR count). The Morgan fingerprint density at radius 1 is 0.793 bits per heavy atom. The molecule has 2 aromatic carbocycles. The molecule has 1 spiro atoms. The standard InChI is InChI=1S/C18H19O8PS2/c1-12-2-4-13(5-3-12)16-18(10-23-28(19,20)25-16)11-24-29(21,22)26-17(18)14-6-8-15(27)9-7-14/h2-9,16-17H,10-11,27H2,1H3. The monoisotopic (exact) mass is 458 g/mol. The molecule has 2 saturated heterocycles. The Bertz CT molecular complexity index is 1020. The maximum Gasteiger partial charge on any atom is 0.400 e. The quantitative estimate of drug-likeness (QED) is 0.628. The van der Waals surface area contributed by atoms with Gasteiger partial charge in [0, 0.05) is 0 Å². The van der Waals surface area contributed by atoms with Crippen LogP contribution in [0.1, 0.15) is 28.9 Å². The lowest BCUT2D eigenvalue weighted by Gasteiger charge is -2.48. The predicted octanol–water partition coefficient (Wildman–Crippen LogP) is 1.85. The van der Waals surface area contributed by atoms with Gasteiger partial charge in [0.1, 0.15) is 12.2 Å². The van der Waals surface area contributed by atoms with Gasteiger partial charge in [-0.2, -0.15) is 16.8 Å². The number of aryl methyl sites for hydroxylation is 1. The molecule has 0 aliphatic carbocycles. The highest BCUT2D eigenvalue weighted by Crippen LogP contribution is 2.54. The fraction of sp³-hybridized carbons (Fsp3) is 0.333. The number of rotatable bonds is 2. The molecular formula is C18H19O8PS2. The first-order chi connectivity index (χ1) is 13.6. The molecule has 4 unspecified atom stereocenters. The Labute approximate surface area is 172 Å². The second-order valence-electron chi connectivity index (χ2n) is 7.10. The highest BCUT2D eigenvalue weighted by atomic mass is 32.3. The first kappa shape index (κ1) is 20.9. The molecule has 0 radical (unpaired) electrons. The molecule has 2 aliphatic rings. The van der Waals surface area contributed by atoms with Crippen LogP contribution >= 0.6 is 9.24 Å². The van der Waals surface area contributed by atoms with Crippen LogP contribution in [0.15, 0.2) is 48.5 Å². The van der Waals surface area contributed by atoms with Crippen molar-refractivity contribution in [2.75, 3.05) is 13.2 Å². The van der Waals surface area contributed by atoms with E-state index in [0.717, 1.165) is 10.9 Å². The van der Waals surface area contributed by atoms with Crippen molar-refractivity contribution in [2.45, 2.75) is 19.1 Å². The van der Waals surface area contributed by atoms with E-state index in [0.29, 0.717) is 11.1 Å². The van der Waals surface area contributed by atoms with Gasteiger partial charge in [-0.15, -0.1) is 9.24 Å². The van der Waals surface area contributed by atoms with Gasteiger partial charge in [-0.25, -0.2) is 16.7 Å². The summed E-state index contributed by atoms with van der Waals surface area (Å²) in [6.45, 7) is 1.17. The molecule has 156 valence electrons. The van der Waals surface area contributed by atoms with Gasteiger partial charge < -0.3 is 0 Å². The lowest BCUT2D eigenvalue weighted by atomic mass is 9.73. The average Bonchev–Trinajstić information content (AvgIpc) is 2.66. The summed E-state index contributed by atoms with van der Waals surface area (Å²) in [7, 11) is -6.01. The van der Waals surface area contributed by atoms with Crippen molar-refractivity contribution in [1.82, 2.24) is 0 Å². The van der Waals surface area contributed by atoms with Crippen molar-refractivity contribution >= 4 is 35.3 Å². The topological polar surface area (TPSA) is 105 Å². The van der Waals surface area contributed by atoms with Crippen LogP contribution < -0.4 is 5.30 Å². The Balaban J connectivity index is 1.87. The van der Waals surface area contributed by atoms with Crippen molar-refractivity contribution in [3.63, 3.8) is 0 Å². The summed E-state index contributed by atoms with van der Waals surface area (Å²) in [4.78, 5) is 0. The largest absolute Gasteiger partial charge is 0.400 e. The molecule has 8 nitrogen and oxygen atoms in total. The van der Waals surface area contributed by atoms with Gasteiger partial charge >= 0.3 is 20.8 Å². The van der Waals surface area contributed by atoms with Crippen LogP contribution in [-0.4, -0.2) is 30.0 Å². The SMILES string of the molecule is Cc1ccc(C2OS(=O)(=O)OCC23COS(=O)(=O)OC3c2ccc(P)cc2)cc1. The predicted molar refractivity (Wildman–Crippen MR) is 107 cm³/mol. The molecule has 2 aliphatic heterocycles. The summed E-state index contributed by atoms with van der Waals surface area (Å²) in [5.74, 6) is 0. The van der Waals surface area contributed by atoms with E-state index in [4.69, 9.17) is 16.7 Å². The fourth-order valence-corrected chi connectivity index (χ4v) is 5.62. The molecule has 0 saturated carbocycles. The third-order valence-electron chi connectivity index (χ3n) is 5.04. The van der Waals surface area contributed by atoms with Crippen LogP contribution in [0.3, 0.4) is 0 Å². The fourth-order valence-electron chi connectivity index (χ4n) is 3.52. The lowest BCUT2D eigenvalue weighted by Crippen LogP contribution is -2.53. The van der Waals surface area contributed by atoms with Gasteiger partial charge in [0.15, 0.2) is 0 Å². The van der Waals surface area contributed by atoms with Crippen LogP contribution in [0, 0.1) is 12.3 Å². The van der Waals surface area contributed by atoms with E-state index in [1.165, 1.54) is 0 Å². The third kappa shape index (κ3) is 4.11. The van der Waals surface area contributed by atoms with Gasteiger partial charge in [0.05, 0.1) is 18.6 Å². The minimum Gasteiger partial charge on any atom is -0.247 e. The Hall–Kier alpha value is -1.39. The smallest absolute Gasteiger partial charge is 0.247 e. The molecule has 29 heavy (non-hydrogen) atoms. The van der Waals surface area contributed by atoms with Gasteiger partial charge in [-0.3, -0.25) is 0 Å². The zero-order valence-electron chi connectivity index (χ0n) is 15.3. The Kier molecular flexibility index (Phi) is 5.31. The minimum atomic E-state index is -4.27. The van der Waals surface area contributed by atoms with E-state index in [2.05, 4.69) is 9.24 Å². The number of benzene rings is 2. The van der Waals surface area contributed by atoms with Crippen LogP contribution in [0.2, 0.25) is 0 Å². The summed E-state index contributed by atoms with van der Waals surface area (Å²) in [6, 6.07) is 14.1. The van der Waals surface area contributed by atoms with E-state index in [1.54, 1.807) is 36.4 Å². The molecule has 2 aromatic rings. The molecule has 0 bridgehead atoms. The van der Waals surface area contributed by atoms with E-state index in [-0.39, 0.29) is 13.2 Å². The summed E-state index contributed by atoms with van der Waals surface area (Å²) in [5, 5.41) is 0.895. The van der Waals surface area contributed by atoms with E-state index in [1.807, 2.05) is 19.1 Å². The summed E-state index contributed by atoms with van der Waals surface area (Å²) < 4.78 is 69.0. The normalized spacial score (nSPS) is 30.8. The highest BCUT2D eigenvalue weighted by Gasteiger charge is 2.59. The van der Waals surface area contributed by atoms with E-state index >= 15 is 0 Å². The van der Waals surface area contributed by atoms with Crippen LogP contribution in [0.4, 0.5) is 0 Å². The molecule has 0 N–H and O–H groups in total. The van der Waals surface area contributed by atoms with Gasteiger partial charge in [-0.05, 0) is 23.4 Å². The summed E-state index contributed by atoms with van der Waals surface area (Å²) >= 11 is 0. The molecule has 4 atom stereocenters. The van der Waals surface area contributed by atoms with Crippen molar-refractivity contribution < 1.29 is 33.6 Å². The van der Waals surface area contributed by atoms with Crippen molar-refractivity contribution in [3.8, 4) is 0 Å². The second kappa shape index (κ2) is 7.39. The van der Waals surface area contributed by atoms with Crippen molar-refractivity contribution in [2.24, 2.45) is 5.41 Å². The second-order valence-corrected chi connectivity index (χ2v) is 10.3. The minimum absolute atomic E-state index is 0.364. The van der Waals surface area contributed by atoms with E-state index < -0.39 is 38.4 Å². The van der Waals surface area contributed by atoms with Crippen LogP contribution in [-0.2, 0) is 37.5 Å². The molecule has 0 aromatic heterocycles. The number of hydrogen-bond acceptors (Lipinski definition) is 8. The molecule has 11 heteroatoms. The Morgan fingerprint density at radius 2 is 1.21 bits per heavy atom. The molecule has 2 fully saturated rings. The highest BCUT2D eigenvalue weighted by molar-refractivity contribution is 7.82. The van der Waals surface area contributed by atoms with Crippen LogP contribution in [0.25, 0.3) is 0 Å². The summed E-state index contributed by atoms with van der Waals surface area (Å²) in [5.41, 5.74) is 0.797. The van der Waals surface area contributed by atoms with Gasteiger partial charge in [-0.1, -0.05) is 54.1 Å². The first-order valence-electron chi connectivity index (χ1n) is 8.68. The molecule has 0 amide bonds. The van der Waals surface area contributed by atoms with Crippen molar-refractivity contribution in [3.05, 3.63) is 65.2 Å². The molecular weight excluding hydrogens is 439 g/mol. The van der Waals surface area contributed by atoms with E-state index in [9.17, 15) is 16.8 Å². The molecule has 2 heterocycles. The van der Waals surface area contributed by atoms with Gasteiger partial charge in [0.2, 0.25) is 0 Å². The maximum atomic E-state index is 12.1. The Morgan fingerprint density at radius 3 is 1.66 bits per heavy atom. The first-order valence-corrected chi connectivity index (χ1v) is 11.9. The maximum absolute atomic E-state index is 12.1.